The van der Waals surface area contributed by atoms with Gasteiger partial charge in [0.2, 0.25) is 0 Å². The van der Waals surface area contributed by atoms with Crippen LogP contribution in [0.5, 0.6) is 0 Å². The highest BCUT2D eigenvalue weighted by atomic mass is 16.6. The monoisotopic (exact) mass is 256 g/mol. The fourth-order valence-electron chi connectivity index (χ4n) is 2.19. The third-order valence-electron chi connectivity index (χ3n) is 3.28. The molecule has 0 aromatic carbocycles. The van der Waals surface area contributed by atoms with Crippen LogP contribution < -0.4 is 0 Å². The number of nitrogens with zero attached hydrogens (tertiary/aromatic N) is 2. The van der Waals surface area contributed by atoms with Gasteiger partial charge in [-0.05, 0) is 20.3 Å². The Morgan fingerprint density at radius 3 is 2.39 bits per heavy atom. The van der Waals surface area contributed by atoms with Crippen LogP contribution in [0.2, 0.25) is 0 Å². The molecule has 6 heteroatoms. The van der Waals surface area contributed by atoms with Crippen LogP contribution in [0.1, 0.15) is 20.3 Å². The average molecular weight is 256 g/mol. The minimum Gasteiger partial charge on any atom is -0.433 e. The van der Waals surface area contributed by atoms with Crippen LogP contribution in [-0.4, -0.2) is 66.8 Å². The number of morpholine rings is 1. The van der Waals surface area contributed by atoms with E-state index in [1.54, 1.807) is 13.8 Å². The van der Waals surface area contributed by atoms with Gasteiger partial charge in [0, 0.05) is 26.2 Å². The van der Waals surface area contributed by atoms with Crippen molar-refractivity contribution in [2.45, 2.75) is 25.9 Å². The summed E-state index contributed by atoms with van der Waals surface area (Å²) in [5.74, 6) is -0.241. The molecule has 0 spiro atoms. The van der Waals surface area contributed by atoms with E-state index in [4.69, 9.17) is 9.47 Å². The molecule has 102 valence electrons. The molecule has 0 saturated carbocycles. The maximum absolute atomic E-state index is 11.9. The van der Waals surface area contributed by atoms with Crippen molar-refractivity contribution in [2.75, 3.05) is 39.4 Å². The normalized spacial score (nSPS) is 24.4. The molecule has 2 heterocycles. The topological polar surface area (TPSA) is 59.1 Å². The van der Waals surface area contributed by atoms with Crippen molar-refractivity contribution in [3.63, 3.8) is 0 Å². The fourth-order valence-corrected chi connectivity index (χ4v) is 2.19. The Balaban J connectivity index is 1.76. The molecule has 2 aliphatic rings. The standard InChI is InChI=1S/C12H20N2O4/c1-12(2)10(15)14(11(16)18-12)5-3-4-13-6-8-17-9-7-13/h3-9H2,1-2H3. The minimum atomic E-state index is -1.00. The van der Waals surface area contributed by atoms with Crippen molar-refractivity contribution in [1.82, 2.24) is 9.80 Å². The smallest absolute Gasteiger partial charge is 0.417 e. The molecule has 18 heavy (non-hydrogen) atoms. The Morgan fingerprint density at radius 1 is 1.17 bits per heavy atom. The number of ether oxygens (including phenoxy) is 2. The summed E-state index contributed by atoms with van der Waals surface area (Å²) in [5, 5.41) is 0. The number of cyclic esters (lactones) is 1. The van der Waals surface area contributed by atoms with Crippen LogP contribution in [0.4, 0.5) is 4.79 Å². The van der Waals surface area contributed by atoms with Crippen molar-refractivity contribution in [3.8, 4) is 0 Å². The van der Waals surface area contributed by atoms with Crippen LogP contribution in [0.15, 0.2) is 0 Å². The third-order valence-corrected chi connectivity index (χ3v) is 3.28. The minimum absolute atomic E-state index is 0.241. The highest BCUT2D eigenvalue weighted by molar-refractivity contribution is 6.02. The number of carbonyl (C=O) groups excluding carboxylic acids is 2. The number of hydrogen-bond acceptors (Lipinski definition) is 5. The lowest BCUT2D eigenvalue weighted by atomic mass is 10.1. The molecule has 2 saturated heterocycles. The van der Waals surface area contributed by atoms with E-state index in [1.807, 2.05) is 0 Å². The van der Waals surface area contributed by atoms with Crippen LogP contribution in [-0.2, 0) is 14.3 Å². The molecule has 0 N–H and O–H groups in total. The zero-order chi connectivity index (χ0) is 13.2. The Morgan fingerprint density at radius 2 is 1.83 bits per heavy atom. The molecule has 0 unspecified atom stereocenters. The quantitative estimate of drug-likeness (QED) is 0.731. The number of amides is 2. The highest BCUT2D eigenvalue weighted by Crippen LogP contribution is 2.23. The highest BCUT2D eigenvalue weighted by Gasteiger charge is 2.46. The molecule has 2 aliphatic heterocycles. The fraction of sp³-hybridized carbons (Fsp3) is 0.833. The summed E-state index contributed by atoms with van der Waals surface area (Å²) in [6, 6.07) is 0. The zero-order valence-corrected chi connectivity index (χ0v) is 11.0. The molecule has 2 amide bonds. The Hall–Kier alpha value is -1.14. The van der Waals surface area contributed by atoms with Gasteiger partial charge < -0.3 is 9.47 Å². The van der Waals surface area contributed by atoms with Crippen LogP contribution in [0.3, 0.4) is 0 Å². The van der Waals surface area contributed by atoms with E-state index in [2.05, 4.69) is 4.90 Å². The second-order valence-electron chi connectivity index (χ2n) is 5.14. The van der Waals surface area contributed by atoms with Gasteiger partial charge in [-0.3, -0.25) is 9.69 Å². The van der Waals surface area contributed by atoms with Gasteiger partial charge in [-0.1, -0.05) is 0 Å². The van der Waals surface area contributed by atoms with Crippen molar-refractivity contribution < 1.29 is 19.1 Å². The van der Waals surface area contributed by atoms with E-state index in [0.717, 1.165) is 39.3 Å². The van der Waals surface area contributed by atoms with Crippen LogP contribution in [0, 0.1) is 0 Å². The van der Waals surface area contributed by atoms with Crippen LogP contribution in [0.25, 0.3) is 0 Å². The molecule has 0 aromatic heterocycles. The van der Waals surface area contributed by atoms with Gasteiger partial charge in [0.15, 0.2) is 5.60 Å². The van der Waals surface area contributed by atoms with E-state index in [-0.39, 0.29) is 5.91 Å². The van der Waals surface area contributed by atoms with Crippen molar-refractivity contribution in [3.05, 3.63) is 0 Å². The van der Waals surface area contributed by atoms with Gasteiger partial charge in [-0.25, -0.2) is 9.69 Å². The molecule has 0 aliphatic carbocycles. The molecule has 6 nitrogen and oxygen atoms in total. The van der Waals surface area contributed by atoms with E-state index in [1.165, 1.54) is 4.90 Å². The molecule has 0 radical (unpaired) electrons. The zero-order valence-electron chi connectivity index (χ0n) is 11.0. The number of carbonyl (C=O) groups is 2. The summed E-state index contributed by atoms with van der Waals surface area (Å²) in [6.45, 7) is 7.91. The van der Waals surface area contributed by atoms with Crippen molar-refractivity contribution in [2.24, 2.45) is 0 Å². The van der Waals surface area contributed by atoms with E-state index < -0.39 is 11.7 Å². The number of rotatable bonds is 4. The predicted molar refractivity (Wildman–Crippen MR) is 64.1 cm³/mol. The van der Waals surface area contributed by atoms with E-state index >= 15 is 0 Å². The lowest BCUT2D eigenvalue weighted by Crippen LogP contribution is -2.40. The lowest BCUT2D eigenvalue weighted by molar-refractivity contribution is -0.134. The molecule has 2 rings (SSSR count). The van der Waals surface area contributed by atoms with Crippen molar-refractivity contribution in [1.29, 1.82) is 0 Å². The predicted octanol–water partition coefficient (Wildman–Crippen LogP) is 0.466. The first-order valence-electron chi connectivity index (χ1n) is 6.36. The summed E-state index contributed by atoms with van der Waals surface area (Å²) in [4.78, 5) is 26.9. The van der Waals surface area contributed by atoms with E-state index in [9.17, 15) is 9.59 Å². The second-order valence-corrected chi connectivity index (χ2v) is 5.14. The summed E-state index contributed by atoms with van der Waals surface area (Å²) >= 11 is 0. The van der Waals surface area contributed by atoms with Crippen LogP contribution >= 0.6 is 0 Å². The largest absolute Gasteiger partial charge is 0.433 e. The molecule has 2 fully saturated rings. The molecular formula is C12H20N2O4. The maximum Gasteiger partial charge on any atom is 0.417 e. The Labute approximate surface area is 107 Å². The Kier molecular flexibility index (Phi) is 3.87. The SMILES string of the molecule is CC1(C)OC(=O)N(CCCN2CCOCC2)C1=O. The van der Waals surface area contributed by atoms with Gasteiger partial charge in [-0.15, -0.1) is 0 Å². The summed E-state index contributed by atoms with van der Waals surface area (Å²) in [6.07, 6.45) is 0.253. The number of hydrogen-bond donors (Lipinski definition) is 0. The summed E-state index contributed by atoms with van der Waals surface area (Å²) in [5.41, 5.74) is -1.00. The first-order valence-corrected chi connectivity index (χ1v) is 6.36. The molecular weight excluding hydrogens is 236 g/mol. The van der Waals surface area contributed by atoms with Gasteiger partial charge >= 0.3 is 6.09 Å². The average Bonchev–Trinajstić information content (AvgIpc) is 2.52. The second kappa shape index (κ2) is 5.24. The third kappa shape index (κ3) is 2.81. The summed E-state index contributed by atoms with van der Waals surface area (Å²) in [7, 11) is 0. The molecule has 0 aromatic rings. The maximum atomic E-state index is 11.9. The van der Waals surface area contributed by atoms with Crippen molar-refractivity contribution >= 4 is 12.0 Å². The number of imide groups is 1. The molecule has 0 bridgehead atoms. The van der Waals surface area contributed by atoms with Gasteiger partial charge in [0.05, 0.1) is 13.2 Å². The first kappa shape index (κ1) is 13.3. The Bertz CT molecular complexity index is 337. The lowest BCUT2D eigenvalue weighted by Gasteiger charge is -2.26. The molecule has 0 atom stereocenters. The summed E-state index contributed by atoms with van der Waals surface area (Å²) < 4.78 is 10.3. The van der Waals surface area contributed by atoms with Gasteiger partial charge in [-0.2, -0.15) is 0 Å². The van der Waals surface area contributed by atoms with E-state index in [0.29, 0.717) is 6.54 Å². The first-order chi connectivity index (χ1) is 8.50. The van der Waals surface area contributed by atoms with Gasteiger partial charge in [0.1, 0.15) is 0 Å². The van der Waals surface area contributed by atoms with Gasteiger partial charge in [0.25, 0.3) is 5.91 Å².